The summed E-state index contributed by atoms with van der Waals surface area (Å²) in [5.41, 5.74) is 8.06. The molecule has 2 aromatic rings. The fraction of sp³-hybridized carbons (Fsp3) is 0.294. The summed E-state index contributed by atoms with van der Waals surface area (Å²) >= 11 is 12.1. The molecule has 1 unspecified atom stereocenters. The highest BCUT2D eigenvalue weighted by Gasteiger charge is 2.11. The van der Waals surface area contributed by atoms with Crippen LogP contribution in [-0.2, 0) is 6.42 Å². The fourth-order valence-electron chi connectivity index (χ4n) is 2.08. The molecule has 2 N–H and O–H groups in total. The molecular formula is C17H19Cl2NO. The average molecular weight is 324 g/mol. The van der Waals surface area contributed by atoms with E-state index in [4.69, 9.17) is 33.7 Å². The molecule has 2 nitrogen and oxygen atoms in total. The largest absolute Gasteiger partial charge is 0.457 e. The lowest BCUT2D eigenvalue weighted by molar-refractivity contribution is 0.468. The van der Waals surface area contributed by atoms with Gasteiger partial charge in [0.15, 0.2) is 0 Å². The van der Waals surface area contributed by atoms with Gasteiger partial charge in [-0.25, -0.2) is 0 Å². The maximum absolute atomic E-state index is 6.08. The highest BCUT2D eigenvalue weighted by Crippen LogP contribution is 2.31. The second-order valence-electron chi connectivity index (χ2n) is 5.14. The van der Waals surface area contributed by atoms with E-state index in [1.54, 1.807) is 0 Å². The van der Waals surface area contributed by atoms with Crippen molar-refractivity contribution >= 4 is 23.2 Å². The van der Waals surface area contributed by atoms with E-state index in [2.05, 4.69) is 6.92 Å². The van der Waals surface area contributed by atoms with E-state index in [0.29, 0.717) is 10.0 Å². The second kappa shape index (κ2) is 7.17. The van der Waals surface area contributed by atoms with Gasteiger partial charge in [-0.3, -0.25) is 0 Å². The molecular weight excluding hydrogens is 305 g/mol. The molecule has 0 bridgehead atoms. The molecule has 0 heterocycles. The van der Waals surface area contributed by atoms with Crippen LogP contribution in [0, 0.1) is 6.92 Å². The highest BCUT2D eigenvalue weighted by atomic mass is 35.5. The molecule has 4 heteroatoms. The number of halogens is 2. The first-order valence-corrected chi connectivity index (χ1v) is 7.73. The molecule has 0 amide bonds. The number of benzene rings is 2. The zero-order valence-electron chi connectivity index (χ0n) is 12.2. The van der Waals surface area contributed by atoms with Crippen LogP contribution in [0.2, 0.25) is 10.0 Å². The summed E-state index contributed by atoms with van der Waals surface area (Å²) in [5.74, 6) is 1.57. The minimum absolute atomic E-state index is 0.0946. The Kier molecular flexibility index (Phi) is 5.51. The van der Waals surface area contributed by atoms with Crippen molar-refractivity contribution in [2.24, 2.45) is 5.73 Å². The lowest BCUT2D eigenvalue weighted by Gasteiger charge is -2.16. The van der Waals surface area contributed by atoms with Crippen LogP contribution in [0.5, 0.6) is 11.5 Å². The summed E-state index contributed by atoms with van der Waals surface area (Å²) < 4.78 is 6.02. The number of nitrogens with two attached hydrogens (primary N) is 1. The van der Waals surface area contributed by atoms with Crippen LogP contribution in [0.25, 0.3) is 0 Å². The Morgan fingerprint density at radius 3 is 2.29 bits per heavy atom. The van der Waals surface area contributed by atoms with Gasteiger partial charge in [-0.05, 0) is 67.3 Å². The molecule has 2 rings (SSSR count). The maximum atomic E-state index is 6.08. The standard InChI is InChI=1S/C17H19Cl2NO/c1-3-15(20)10-12-9-14(19)5-7-17(12)21-16-6-4-13(18)8-11(16)2/h4-9,15H,3,10,20H2,1-2H3. The van der Waals surface area contributed by atoms with Gasteiger partial charge in [0, 0.05) is 16.1 Å². The Labute approximate surface area is 135 Å². The number of ether oxygens (including phenoxy) is 1. The minimum atomic E-state index is 0.0946. The summed E-state index contributed by atoms with van der Waals surface area (Å²) in [6, 6.07) is 11.3. The van der Waals surface area contributed by atoms with Crippen LogP contribution >= 0.6 is 23.2 Å². The Hall–Kier alpha value is -1.22. The molecule has 0 spiro atoms. The summed E-state index contributed by atoms with van der Waals surface area (Å²) in [4.78, 5) is 0. The molecule has 0 aliphatic heterocycles. The van der Waals surface area contributed by atoms with Gasteiger partial charge in [-0.2, -0.15) is 0 Å². The fourth-order valence-corrected chi connectivity index (χ4v) is 2.50. The second-order valence-corrected chi connectivity index (χ2v) is 6.01. The number of aryl methyl sites for hydroxylation is 1. The van der Waals surface area contributed by atoms with Gasteiger partial charge in [0.25, 0.3) is 0 Å². The van der Waals surface area contributed by atoms with Crippen molar-refractivity contribution in [3.63, 3.8) is 0 Å². The first-order chi connectivity index (χ1) is 9.99. The van der Waals surface area contributed by atoms with Crippen LogP contribution < -0.4 is 10.5 Å². The summed E-state index contributed by atoms with van der Waals surface area (Å²) in [6.07, 6.45) is 1.64. The smallest absolute Gasteiger partial charge is 0.130 e. The monoisotopic (exact) mass is 323 g/mol. The molecule has 21 heavy (non-hydrogen) atoms. The molecule has 0 saturated carbocycles. The van der Waals surface area contributed by atoms with Gasteiger partial charge in [-0.15, -0.1) is 0 Å². The van der Waals surface area contributed by atoms with Crippen molar-refractivity contribution in [3.8, 4) is 11.5 Å². The molecule has 0 aliphatic carbocycles. The van der Waals surface area contributed by atoms with Crippen LogP contribution in [0.4, 0.5) is 0 Å². The van der Waals surface area contributed by atoms with Gasteiger partial charge in [0.1, 0.15) is 11.5 Å². The van der Waals surface area contributed by atoms with Crippen LogP contribution in [0.1, 0.15) is 24.5 Å². The van der Waals surface area contributed by atoms with E-state index in [9.17, 15) is 0 Å². The third-order valence-corrected chi connectivity index (χ3v) is 3.86. The topological polar surface area (TPSA) is 35.2 Å². The van der Waals surface area contributed by atoms with Crippen molar-refractivity contribution in [1.29, 1.82) is 0 Å². The summed E-state index contributed by atoms with van der Waals surface area (Å²) in [5, 5.41) is 1.39. The minimum Gasteiger partial charge on any atom is -0.457 e. The van der Waals surface area contributed by atoms with Crippen LogP contribution in [0.3, 0.4) is 0 Å². The highest BCUT2D eigenvalue weighted by molar-refractivity contribution is 6.31. The Morgan fingerprint density at radius 1 is 1.05 bits per heavy atom. The van der Waals surface area contributed by atoms with E-state index in [0.717, 1.165) is 35.5 Å². The Morgan fingerprint density at radius 2 is 1.67 bits per heavy atom. The van der Waals surface area contributed by atoms with E-state index in [1.165, 1.54) is 0 Å². The Balaban J connectivity index is 2.30. The molecule has 2 aromatic carbocycles. The first-order valence-electron chi connectivity index (χ1n) is 6.97. The predicted octanol–water partition coefficient (Wildman–Crippen LogP) is 5.37. The zero-order chi connectivity index (χ0) is 15.4. The molecule has 0 fully saturated rings. The van der Waals surface area contributed by atoms with Gasteiger partial charge in [-0.1, -0.05) is 30.1 Å². The molecule has 0 radical (unpaired) electrons. The lowest BCUT2D eigenvalue weighted by atomic mass is 10.0. The van der Waals surface area contributed by atoms with Gasteiger partial charge in [0.05, 0.1) is 0 Å². The Bertz CT molecular complexity index is 628. The third kappa shape index (κ3) is 4.37. The van der Waals surface area contributed by atoms with Crippen molar-refractivity contribution in [2.45, 2.75) is 32.7 Å². The molecule has 112 valence electrons. The number of hydrogen-bond acceptors (Lipinski definition) is 2. The molecule has 0 saturated heterocycles. The summed E-state index contributed by atoms with van der Waals surface area (Å²) in [7, 11) is 0. The van der Waals surface area contributed by atoms with Crippen molar-refractivity contribution < 1.29 is 4.74 Å². The SMILES string of the molecule is CCC(N)Cc1cc(Cl)ccc1Oc1ccc(Cl)cc1C. The molecule has 1 atom stereocenters. The molecule has 0 aromatic heterocycles. The number of hydrogen-bond donors (Lipinski definition) is 1. The zero-order valence-corrected chi connectivity index (χ0v) is 13.7. The lowest BCUT2D eigenvalue weighted by Crippen LogP contribution is -2.21. The van der Waals surface area contributed by atoms with Crippen molar-refractivity contribution in [3.05, 3.63) is 57.6 Å². The van der Waals surface area contributed by atoms with E-state index < -0.39 is 0 Å². The number of rotatable bonds is 5. The van der Waals surface area contributed by atoms with Crippen LogP contribution in [0.15, 0.2) is 36.4 Å². The van der Waals surface area contributed by atoms with E-state index in [1.807, 2.05) is 43.3 Å². The summed E-state index contributed by atoms with van der Waals surface area (Å²) in [6.45, 7) is 4.04. The third-order valence-electron chi connectivity index (χ3n) is 3.39. The van der Waals surface area contributed by atoms with Gasteiger partial charge < -0.3 is 10.5 Å². The van der Waals surface area contributed by atoms with Crippen molar-refractivity contribution in [1.82, 2.24) is 0 Å². The predicted molar refractivity (Wildman–Crippen MR) is 89.7 cm³/mol. The van der Waals surface area contributed by atoms with E-state index in [-0.39, 0.29) is 6.04 Å². The van der Waals surface area contributed by atoms with E-state index >= 15 is 0 Å². The van der Waals surface area contributed by atoms with Gasteiger partial charge >= 0.3 is 0 Å². The first kappa shape index (κ1) is 16.2. The average Bonchev–Trinajstić information content (AvgIpc) is 2.44. The normalized spacial score (nSPS) is 12.2. The van der Waals surface area contributed by atoms with Crippen molar-refractivity contribution in [2.75, 3.05) is 0 Å². The van der Waals surface area contributed by atoms with Crippen LogP contribution in [-0.4, -0.2) is 6.04 Å². The van der Waals surface area contributed by atoms with Gasteiger partial charge in [0.2, 0.25) is 0 Å². The maximum Gasteiger partial charge on any atom is 0.130 e. The quantitative estimate of drug-likeness (QED) is 0.802. The molecule has 0 aliphatic rings.